The Morgan fingerprint density at radius 2 is 1.87 bits per heavy atom. The normalized spacial score (nSPS) is 11.6. The lowest BCUT2D eigenvalue weighted by atomic mass is 10.1. The Morgan fingerprint density at radius 1 is 1.17 bits per heavy atom. The van der Waals surface area contributed by atoms with Crippen molar-refractivity contribution in [2.45, 2.75) is 26.3 Å². The predicted octanol–water partition coefficient (Wildman–Crippen LogP) is 4.12. The summed E-state index contributed by atoms with van der Waals surface area (Å²) in [6.45, 7) is 5.53. The fourth-order valence-corrected chi connectivity index (χ4v) is 2.30. The van der Waals surface area contributed by atoms with E-state index in [1.807, 2.05) is 57.2 Å². The van der Waals surface area contributed by atoms with Gasteiger partial charge < -0.3 is 10.8 Å². The van der Waals surface area contributed by atoms with Crippen LogP contribution in [0, 0.1) is 0 Å². The third-order valence-electron chi connectivity index (χ3n) is 3.24. The molecule has 0 unspecified atom stereocenters. The molecule has 1 heterocycles. The zero-order valence-corrected chi connectivity index (χ0v) is 13.5. The number of nitrogen functional groups attached to an aromatic ring is 1. The van der Waals surface area contributed by atoms with Crippen molar-refractivity contribution < 1.29 is 9.90 Å². The van der Waals surface area contributed by atoms with Crippen LogP contribution in [0.5, 0.6) is 0 Å². The Bertz CT molecular complexity index is 733. The number of carbonyl (C=O) groups is 1. The fraction of sp³-hybridized carbons (Fsp3) is 0.222. The number of amides is 1. The van der Waals surface area contributed by atoms with E-state index in [0.717, 1.165) is 11.1 Å². The van der Waals surface area contributed by atoms with Crippen molar-refractivity contribution in [3.8, 4) is 0 Å². The number of pyridine rings is 1. The van der Waals surface area contributed by atoms with Crippen molar-refractivity contribution in [1.29, 1.82) is 0 Å². The molecule has 0 fully saturated rings. The maximum Gasteiger partial charge on any atom is 0.412 e. The van der Waals surface area contributed by atoms with Crippen molar-refractivity contribution in [2.24, 2.45) is 0 Å². The standard InChI is InChI=1S/C18H21N3O2/c1-18(2,3)21(17(22)23)16-10-14(11-20-12-16)8-7-13-5-4-6-15(19)9-13/h4-12H,19H2,1-3H3,(H,22,23). The highest BCUT2D eigenvalue weighted by molar-refractivity contribution is 5.88. The van der Waals surface area contributed by atoms with E-state index < -0.39 is 11.6 Å². The van der Waals surface area contributed by atoms with Crippen molar-refractivity contribution in [2.75, 3.05) is 10.6 Å². The van der Waals surface area contributed by atoms with Gasteiger partial charge in [-0.05, 0) is 50.1 Å². The minimum absolute atomic E-state index is 0.541. The Kier molecular flexibility index (Phi) is 4.69. The Labute approximate surface area is 136 Å². The molecule has 2 aromatic rings. The van der Waals surface area contributed by atoms with Gasteiger partial charge in [0.25, 0.3) is 0 Å². The van der Waals surface area contributed by atoms with Crippen molar-refractivity contribution in [1.82, 2.24) is 4.98 Å². The van der Waals surface area contributed by atoms with Crippen LogP contribution in [0.2, 0.25) is 0 Å². The Hall–Kier alpha value is -2.82. The first-order valence-electron chi connectivity index (χ1n) is 7.29. The van der Waals surface area contributed by atoms with E-state index in [2.05, 4.69) is 4.98 Å². The number of nitrogens with two attached hydrogens (primary N) is 1. The van der Waals surface area contributed by atoms with Gasteiger partial charge in [0, 0.05) is 17.4 Å². The highest BCUT2D eigenvalue weighted by Crippen LogP contribution is 2.24. The monoisotopic (exact) mass is 311 g/mol. The molecule has 0 aliphatic carbocycles. The summed E-state index contributed by atoms with van der Waals surface area (Å²) in [6, 6.07) is 9.33. The van der Waals surface area contributed by atoms with Crippen LogP contribution in [0.1, 0.15) is 31.9 Å². The second-order valence-corrected chi connectivity index (χ2v) is 6.27. The molecule has 1 aromatic carbocycles. The smallest absolute Gasteiger partial charge is 0.412 e. The van der Waals surface area contributed by atoms with E-state index in [4.69, 9.17) is 5.73 Å². The molecule has 1 amide bonds. The quantitative estimate of drug-likeness (QED) is 0.836. The molecular formula is C18H21N3O2. The Balaban J connectivity index is 2.31. The maximum atomic E-state index is 11.5. The van der Waals surface area contributed by atoms with E-state index in [9.17, 15) is 9.90 Å². The summed E-state index contributed by atoms with van der Waals surface area (Å²) in [5.74, 6) is 0. The topological polar surface area (TPSA) is 79.5 Å². The van der Waals surface area contributed by atoms with E-state index in [0.29, 0.717) is 11.4 Å². The zero-order valence-electron chi connectivity index (χ0n) is 13.5. The lowest BCUT2D eigenvalue weighted by Gasteiger charge is -2.32. The van der Waals surface area contributed by atoms with E-state index in [1.54, 1.807) is 18.5 Å². The first-order valence-corrected chi connectivity index (χ1v) is 7.29. The van der Waals surface area contributed by atoms with E-state index >= 15 is 0 Å². The molecule has 23 heavy (non-hydrogen) atoms. The number of anilines is 2. The molecule has 5 heteroatoms. The average Bonchev–Trinajstić information content (AvgIpc) is 2.44. The van der Waals surface area contributed by atoms with Gasteiger partial charge in [0.2, 0.25) is 0 Å². The Morgan fingerprint density at radius 3 is 2.48 bits per heavy atom. The molecule has 0 saturated heterocycles. The molecule has 3 N–H and O–H groups in total. The molecule has 0 saturated carbocycles. The highest BCUT2D eigenvalue weighted by Gasteiger charge is 2.28. The highest BCUT2D eigenvalue weighted by atomic mass is 16.4. The molecule has 2 rings (SSSR count). The van der Waals surface area contributed by atoms with Gasteiger partial charge in [-0.3, -0.25) is 9.88 Å². The summed E-state index contributed by atoms with van der Waals surface area (Å²) in [5, 5.41) is 9.46. The first-order chi connectivity index (χ1) is 10.8. The van der Waals surface area contributed by atoms with Crippen LogP contribution in [-0.2, 0) is 0 Å². The van der Waals surface area contributed by atoms with Crippen LogP contribution in [0.4, 0.5) is 16.2 Å². The number of hydrogen-bond acceptors (Lipinski definition) is 3. The number of aromatic nitrogens is 1. The third kappa shape index (κ3) is 4.32. The van der Waals surface area contributed by atoms with Crippen LogP contribution in [0.15, 0.2) is 42.7 Å². The van der Waals surface area contributed by atoms with Gasteiger partial charge in [-0.25, -0.2) is 4.79 Å². The second-order valence-electron chi connectivity index (χ2n) is 6.27. The number of nitrogens with zero attached hydrogens (tertiary/aromatic N) is 2. The fourth-order valence-electron chi connectivity index (χ4n) is 2.30. The molecule has 0 aliphatic rings. The summed E-state index contributed by atoms with van der Waals surface area (Å²) in [5.41, 5.74) is 8.24. The third-order valence-corrected chi connectivity index (χ3v) is 3.24. The van der Waals surface area contributed by atoms with Gasteiger partial charge >= 0.3 is 6.09 Å². The van der Waals surface area contributed by atoms with Gasteiger partial charge in [-0.15, -0.1) is 0 Å². The maximum absolute atomic E-state index is 11.5. The van der Waals surface area contributed by atoms with Gasteiger partial charge in [0.15, 0.2) is 0 Å². The van der Waals surface area contributed by atoms with E-state index in [1.165, 1.54) is 4.90 Å². The molecule has 0 atom stereocenters. The number of benzene rings is 1. The lowest BCUT2D eigenvalue weighted by molar-refractivity contribution is 0.195. The van der Waals surface area contributed by atoms with Crippen molar-refractivity contribution >= 4 is 29.6 Å². The largest absolute Gasteiger partial charge is 0.465 e. The molecule has 5 nitrogen and oxygen atoms in total. The summed E-state index contributed by atoms with van der Waals surface area (Å²) < 4.78 is 0. The second kappa shape index (κ2) is 6.52. The van der Waals surface area contributed by atoms with Crippen LogP contribution < -0.4 is 10.6 Å². The molecular weight excluding hydrogens is 290 g/mol. The number of hydrogen-bond donors (Lipinski definition) is 2. The van der Waals surface area contributed by atoms with Crippen LogP contribution >= 0.6 is 0 Å². The molecule has 0 bridgehead atoms. The minimum atomic E-state index is -1.00. The van der Waals surface area contributed by atoms with Crippen molar-refractivity contribution in [3.05, 3.63) is 53.9 Å². The first kappa shape index (κ1) is 16.5. The summed E-state index contributed by atoms with van der Waals surface area (Å²) >= 11 is 0. The molecule has 1 aromatic heterocycles. The van der Waals surface area contributed by atoms with Crippen LogP contribution in [-0.4, -0.2) is 21.7 Å². The minimum Gasteiger partial charge on any atom is -0.465 e. The van der Waals surface area contributed by atoms with Gasteiger partial charge in [-0.1, -0.05) is 24.3 Å². The predicted molar refractivity (Wildman–Crippen MR) is 94.3 cm³/mol. The van der Waals surface area contributed by atoms with Crippen LogP contribution in [0.25, 0.3) is 12.2 Å². The van der Waals surface area contributed by atoms with Crippen molar-refractivity contribution in [3.63, 3.8) is 0 Å². The van der Waals surface area contributed by atoms with E-state index in [-0.39, 0.29) is 0 Å². The zero-order chi connectivity index (χ0) is 17.0. The van der Waals surface area contributed by atoms with Crippen LogP contribution in [0.3, 0.4) is 0 Å². The lowest BCUT2D eigenvalue weighted by Crippen LogP contribution is -2.45. The molecule has 0 radical (unpaired) electrons. The van der Waals surface area contributed by atoms with Gasteiger partial charge in [0.1, 0.15) is 0 Å². The molecule has 120 valence electrons. The summed E-state index contributed by atoms with van der Waals surface area (Å²) in [6.07, 6.45) is 6.04. The summed E-state index contributed by atoms with van der Waals surface area (Å²) in [7, 11) is 0. The van der Waals surface area contributed by atoms with Gasteiger partial charge in [0.05, 0.1) is 11.9 Å². The molecule has 0 aliphatic heterocycles. The SMILES string of the molecule is CC(C)(C)N(C(=O)O)c1cncc(C=Cc2cccc(N)c2)c1. The number of carboxylic acid groups (broad SMARTS) is 1. The molecule has 0 spiro atoms. The van der Waals surface area contributed by atoms with Gasteiger partial charge in [-0.2, -0.15) is 0 Å². The number of rotatable bonds is 3. The average molecular weight is 311 g/mol. The summed E-state index contributed by atoms with van der Waals surface area (Å²) in [4.78, 5) is 17.0.